The number of hydrogen-bond acceptors (Lipinski definition) is 2. The van der Waals surface area contributed by atoms with Crippen molar-refractivity contribution in [1.29, 1.82) is 0 Å². The van der Waals surface area contributed by atoms with Crippen LogP contribution in [0.5, 0.6) is 0 Å². The third-order valence-electron chi connectivity index (χ3n) is 2.55. The van der Waals surface area contributed by atoms with Crippen molar-refractivity contribution in [2.75, 3.05) is 0 Å². The number of aromatic nitrogens is 1. The molecule has 5 heteroatoms. The lowest BCUT2D eigenvalue weighted by Crippen LogP contribution is -2.05. The van der Waals surface area contributed by atoms with Crippen LogP contribution in [-0.4, -0.2) is 10.1 Å². The van der Waals surface area contributed by atoms with E-state index in [1.165, 1.54) is 6.20 Å². The van der Waals surface area contributed by atoms with Gasteiger partial charge in [0.2, 0.25) is 0 Å². The summed E-state index contributed by atoms with van der Waals surface area (Å²) in [7, 11) is 0. The molecular formula is C13H10F3NO. The van der Waals surface area contributed by atoms with Crippen LogP contribution in [0, 0.1) is 24.4 Å². The number of nitrogens with zero attached hydrogens (tertiary/aromatic N) is 1. The molecule has 0 aliphatic carbocycles. The molecule has 1 unspecified atom stereocenters. The SMILES string of the molecule is Cc1cncc(C(O)c2cc(F)c(F)cc2F)c1. The van der Waals surface area contributed by atoms with Gasteiger partial charge in [0.15, 0.2) is 11.6 Å². The smallest absolute Gasteiger partial charge is 0.161 e. The summed E-state index contributed by atoms with van der Waals surface area (Å²) in [5.41, 5.74) is 0.774. The molecule has 2 rings (SSSR count). The van der Waals surface area contributed by atoms with Crippen LogP contribution in [0.4, 0.5) is 13.2 Å². The van der Waals surface area contributed by atoms with E-state index >= 15 is 0 Å². The number of rotatable bonds is 2. The topological polar surface area (TPSA) is 33.1 Å². The molecule has 0 aliphatic rings. The van der Waals surface area contributed by atoms with Crippen molar-refractivity contribution in [3.05, 3.63) is 64.7 Å². The molecule has 2 aromatic rings. The first-order chi connectivity index (χ1) is 8.49. The summed E-state index contributed by atoms with van der Waals surface area (Å²) in [6.07, 6.45) is 1.53. The first-order valence-electron chi connectivity index (χ1n) is 5.23. The first-order valence-corrected chi connectivity index (χ1v) is 5.23. The van der Waals surface area contributed by atoms with Gasteiger partial charge in [-0.15, -0.1) is 0 Å². The highest BCUT2D eigenvalue weighted by Crippen LogP contribution is 2.26. The summed E-state index contributed by atoms with van der Waals surface area (Å²) >= 11 is 0. The van der Waals surface area contributed by atoms with Crippen molar-refractivity contribution in [3.8, 4) is 0 Å². The van der Waals surface area contributed by atoms with Crippen LogP contribution in [0.1, 0.15) is 22.8 Å². The molecule has 18 heavy (non-hydrogen) atoms. The van der Waals surface area contributed by atoms with Crippen LogP contribution in [0.15, 0.2) is 30.6 Å². The monoisotopic (exact) mass is 253 g/mol. The van der Waals surface area contributed by atoms with E-state index in [1.807, 2.05) is 0 Å². The van der Waals surface area contributed by atoms with Gasteiger partial charge in [-0.1, -0.05) is 6.07 Å². The molecule has 0 aliphatic heterocycles. The number of benzene rings is 1. The lowest BCUT2D eigenvalue weighted by atomic mass is 10.0. The van der Waals surface area contributed by atoms with E-state index in [2.05, 4.69) is 4.98 Å². The molecule has 1 heterocycles. The summed E-state index contributed by atoms with van der Waals surface area (Å²) in [5.74, 6) is -3.49. The zero-order chi connectivity index (χ0) is 13.3. The van der Waals surface area contributed by atoms with Crippen molar-refractivity contribution in [3.63, 3.8) is 0 Å². The van der Waals surface area contributed by atoms with Crippen LogP contribution in [0.3, 0.4) is 0 Å². The second-order valence-electron chi connectivity index (χ2n) is 3.99. The van der Waals surface area contributed by atoms with Crippen LogP contribution in [0.25, 0.3) is 0 Å². The summed E-state index contributed by atoms with van der Waals surface area (Å²) in [6, 6.07) is 2.66. The summed E-state index contributed by atoms with van der Waals surface area (Å²) in [6.45, 7) is 1.75. The predicted molar refractivity (Wildman–Crippen MR) is 59.4 cm³/mol. The summed E-state index contributed by atoms with van der Waals surface area (Å²) in [4.78, 5) is 3.85. The molecular weight excluding hydrogens is 243 g/mol. The van der Waals surface area contributed by atoms with Crippen LogP contribution in [0.2, 0.25) is 0 Å². The van der Waals surface area contributed by atoms with Gasteiger partial charge in [0, 0.05) is 29.6 Å². The number of aliphatic hydroxyl groups is 1. The van der Waals surface area contributed by atoms with E-state index in [0.29, 0.717) is 17.7 Å². The number of aliphatic hydroxyl groups excluding tert-OH is 1. The highest BCUT2D eigenvalue weighted by Gasteiger charge is 2.18. The Balaban J connectivity index is 2.46. The van der Waals surface area contributed by atoms with Crippen molar-refractivity contribution in [1.82, 2.24) is 4.98 Å². The van der Waals surface area contributed by atoms with E-state index in [1.54, 1.807) is 19.2 Å². The lowest BCUT2D eigenvalue weighted by Gasteiger charge is -2.13. The number of halogens is 3. The number of hydrogen-bond donors (Lipinski definition) is 1. The minimum atomic E-state index is -1.38. The second-order valence-corrected chi connectivity index (χ2v) is 3.99. The molecule has 0 saturated heterocycles. The fraction of sp³-hybridized carbons (Fsp3) is 0.154. The quantitative estimate of drug-likeness (QED) is 0.835. The fourth-order valence-corrected chi connectivity index (χ4v) is 1.65. The highest BCUT2D eigenvalue weighted by atomic mass is 19.2. The lowest BCUT2D eigenvalue weighted by molar-refractivity contribution is 0.213. The molecule has 1 N–H and O–H groups in total. The van der Waals surface area contributed by atoms with E-state index in [9.17, 15) is 18.3 Å². The van der Waals surface area contributed by atoms with Gasteiger partial charge < -0.3 is 5.11 Å². The summed E-state index contributed by atoms with van der Waals surface area (Å²) < 4.78 is 39.3. The van der Waals surface area contributed by atoms with E-state index in [0.717, 1.165) is 5.56 Å². The standard InChI is InChI=1S/C13H10F3NO/c1-7-2-8(6-17-5-7)13(18)9-3-11(15)12(16)4-10(9)14/h2-6,13,18H,1H3. The molecule has 0 radical (unpaired) electrons. The maximum Gasteiger partial charge on any atom is 0.161 e. The van der Waals surface area contributed by atoms with Gasteiger partial charge in [-0.25, -0.2) is 13.2 Å². The third-order valence-corrected chi connectivity index (χ3v) is 2.55. The van der Waals surface area contributed by atoms with Gasteiger partial charge in [-0.3, -0.25) is 4.98 Å². The fourth-order valence-electron chi connectivity index (χ4n) is 1.65. The molecule has 1 atom stereocenters. The molecule has 0 bridgehead atoms. The average molecular weight is 253 g/mol. The Hall–Kier alpha value is -1.88. The molecule has 0 fully saturated rings. The average Bonchev–Trinajstić information content (AvgIpc) is 2.33. The molecule has 1 aromatic heterocycles. The zero-order valence-corrected chi connectivity index (χ0v) is 9.49. The van der Waals surface area contributed by atoms with Crippen LogP contribution < -0.4 is 0 Å². The Kier molecular flexibility index (Phi) is 3.34. The highest BCUT2D eigenvalue weighted by molar-refractivity contribution is 5.31. The van der Waals surface area contributed by atoms with Gasteiger partial charge in [0.25, 0.3) is 0 Å². The van der Waals surface area contributed by atoms with Gasteiger partial charge >= 0.3 is 0 Å². The van der Waals surface area contributed by atoms with Crippen LogP contribution in [-0.2, 0) is 0 Å². The van der Waals surface area contributed by atoms with Gasteiger partial charge in [0.05, 0.1) is 0 Å². The van der Waals surface area contributed by atoms with Crippen molar-refractivity contribution >= 4 is 0 Å². The molecule has 94 valence electrons. The Morgan fingerprint density at radius 2 is 1.67 bits per heavy atom. The van der Waals surface area contributed by atoms with E-state index < -0.39 is 23.6 Å². The van der Waals surface area contributed by atoms with Crippen molar-refractivity contribution in [2.45, 2.75) is 13.0 Å². The van der Waals surface area contributed by atoms with Gasteiger partial charge in [-0.2, -0.15) is 0 Å². The van der Waals surface area contributed by atoms with Gasteiger partial charge in [-0.05, 0) is 18.6 Å². The first kappa shape index (κ1) is 12.6. The Morgan fingerprint density at radius 3 is 2.33 bits per heavy atom. The predicted octanol–water partition coefficient (Wildman–Crippen LogP) is 2.89. The Bertz CT molecular complexity index is 586. The van der Waals surface area contributed by atoms with Crippen molar-refractivity contribution in [2.24, 2.45) is 0 Å². The molecule has 0 spiro atoms. The minimum Gasteiger partial charge on any atom is -0.383 e. The number of aryl methyl sites for hydroxylation is 1. The Morgan fingerprint density at radius 1 is 1.00 bits per heavy atom. The minimum absolute atomic E-state index is 0.318. The normalized spacial score (nSPS) is 12.5. The molecule has 1 aromatic carbocycles. The summed E-state index contributed by atoms with van der Waals surface area (Å²) in [5, 5.41) is 9.94. The Labute approximate surface area is 102 Å². The van der Waals surface area contributed by atoms with E-state index in [4.69, 9.17) is 0 Å². The second kappa shape index (κ2) is 4.78. The largest absolute Gasteiger partial charge is 0.383 e. The third kappa shape index (κ3) is 2.36. The molecule has 0 saturated carbocycles. The maximum absolute atomic E-state index is 13.5. The maximum atomic E-state index is 13.5. The van der Waals surface area contributed by atoms with E-state index in [-0.39, 0.29) is 5.56 Å². The van der Waals surface area contributed by atoms with Crippen LogP contribution >= 0.6 is 0 Å². The molecule has 0 amide bonds. The van der Waals surface area contributed by atoms with Gasteiger partial charge in [0.1, 0.15) is 11.9 Å². The van der Waals surface area contributed by atoms with Crippen molar-refractivity contribution < 1.29 is 18.3 Å². The molecule has 2 nitrogen and oxygen atoms in total. The zero-order valence-electron chi connectivity index (χ0n) is 9.49. The number of pyridine rings is 1.